The Morgan fingerprint density at radius 1 is 1.18 bits per heavy atom. The number of hydrogen-bond acceptors (Lipinski definition) is 6. The van der Waals surface area contributed by atoms with Gasteiger partial charge in [0.1, 0.15) is 12.0 Å². The second kappa shape index (κ2) is 13.6. The highest BCUT2D eigenvalue weighted by Crippen LogP contribution is 2.41. The van der Waals surface area contributed by atoms with Crippen molar-refractivity contribution in [2.75, 3.05) is 60.5 Å². The number of quaternary nitrogens is 1. The lowest BCUT2D eigenvalue weighted by atomic mass is 9.83. The number of benzene rings is 1. The van der Waals surface area contributed by atoms with E-state index in [0.29, 0.717) is 31.9 Å². The van der Waals surface area contributed by atoms with Crippen molar-refractivity contribution in [3.63, 3.8) is 0 Å². The van der Waals surface area contributed by atoms with Crippen LogP contribution in [0.15, 0.2) is 35.1 Å². The first kappa shape index (κ1) is 30.1. The Bertz CT molecular complexity index is 1110. The molecule has 0 spiro atoms. The predicted octanol–water partition coefficient (Wildman–Crippen LogP) is 3.83. The van der Waals surface area contributed by atoms with Gasteiger partial charge in [-0.2, -0.15) is 0 Å². The van der Waals surface area contributed by atoms with Crippen LogP contribution in [-0.2, 0) is 22.4 Å². The zero-order valence-corrected chi connectivity index (χ0v) is 24.7. The number of ether oxygens (including phenoxy) is 1. The number of hydrogen-bond donors (Lipinski definition) is 1. The number of nitrogens with zero attached hydrogens (tertiary/aromatic N) is 4. The molecule has 2 aliphatic heterocycles. The van der Waals surface area contributed by atoms with E-state index >= 15 is 0 Å². The topological polar surface area (TPSA) is 96.1 Å². The molecule has 0 radical (unpaired) electrons. The van der Waals surface area contributed by atoms with Crippen molar-refractivity contribution in [1.82, 2.24) is 14.8 Å². The van der Waals surface area contributed by atoms with Crippen molar-refractivity contribution in [2.45, 2.75) is 63.8 Å². The molecule has 0 unspecified atom stereocenters. The molecule has 0 bridgehead atoms. The minimum absolute atomic E-state index is 0.0898. The number of carbonyl (C=O) groups is 2. The summed E-state index contributed by atoms with van der Waals surface area (Å²) >= 11 is 0. The fourth-order valence-electron chi connectivity index (χ4n) is 6.15. The average Bonchev–Trinajstić information content (AvgIpc) is 3.66. The third-order valence-electron chi connectivity index (χ3n) is 8.29. The molecular formula is C31H47N4O5+. The lowest BCUT2D eigenvalue weighted by Crippen LogP contribution is -2.45. The van der Waals surface area contributed by atoms with Gasteiger partial charge in [0.05, 0.1) is 53.0 Å². The first-order valence-corrected chi connectivity index (χ1v) is 14.9. The zero-order valence-electron chi connectivity index (χ0n) is 24.7. The maximum atomic E-state index is 13.7. The number of likely N-dealkylation sites (tertiary alicyclic amines) is 1. The Balaban J connectivity index is 1.52. The highest BCUT2D eigenvalue weighted by molar-refractivity contribution is 5.79. The van der Waals surface area contributed by atoms with Gasteiger partial charge in [-0.1, -0.05) is 25.5 Å². The van der Waals surface area contributed by atoms with Crippen LogP contribution in [0.25, 0.3) is 0 Å². The number of aliphatic carboxylic acids is 1. The van der Waals surface area contributed by atoms with Gasteiger partial charge in [-0.05, 0) is 42.9 Å². The molecule has 3 heterocycles. The lowest BCUT2D eigenvalue weighted by molar-refractivity contribution is -0.870. The SMILES string of the molecule is CCCCN(CCCC[N+](C)(C)C)C(=O)CN1C[C@H](c2ccc3c(c2)CCO3)[C@@H](C(=O)O)[C@@H]1CCc1ncco1. The van der Waals surface area contributed by atoms with Crippen molar-refractivity contribution in [3.05, 3.63) is 47.7 Å². The van der Waals surface area contributed by atoms with E-state index in [1.54, 1.807) is 12.5 Å². The molecule has 1 aromatic heterocycles. The van der Waals surface area contributed by atoms with Crippen LogP contribution in [0, 0.1) is 5.92 Å². The van der Waals surface area contributed by atoms with Crippen LogP contribution >= 0.6 is 0 Å². The van der Waals surface area contributed by atoms with Gasteiger partial charge in [0.2, 0.25) is 5.91 Å². The van der Waals surface area contributed by atoms with Crippen LogP contribution in [0.5, 0.6) is 5.75 Å². The second-order valence-electron chi connectivity index (χ2n) is 12.4. The summed E-state index contributed by atoms with van der Waals surface area (Å²) in [5.41, 5.74) is 2.14. The lowest BCUT2D eigenvalue weighted by Gasteiger charge is -2.30. The zero-order chi connectivity index (χ0) is 28.7. The number of aryl methyl sites for hydroxylation is 1. The highest BCUT2D eigenvalue weighted by Gasteiger charge is 2.47. The number of carboxylic acid groups (broad SMARTS) is 1. The molecule has 1 aromatic carbocycles. The summed E-state index contributed by atoms with van der Waals surface area (Å²) in [6.45, 7) is 6.11. The van der Waals surface area contributed by atoms with Crippen LogP contribution in [0.2, 0.25) is 0 Å². The highest BCUT2D eigenvalue weighted by atomic mass is 16.5. The molecule has 1 amide bonds. The minimum Gasteiger partial charge on any atom is -0.493 e. The molecule has 4 rings (SSSR count). The summed E-state index contributed by atoms with van der Waals surface area (Å²) in [6, 6.07) is 5.78. The molecule has 40 heavy (non-hydrogen) atoms. The van der Waals surface area contributed by atoms with E-state index in [2.05, 4.69) is 44.0 Å². The maximum Gasteiger partial charge on any atom is 0.308 e. The van der Waals surface area contributed by atoms with Gasteiger partial charge in [-0.15, -0.1) is 0 Å². The standard InChI is InChI=1S/C31H46N4O5/c1-5-6-15-33(16-7-8-17-35(2,3)4)29(36)22-34-21-25(23-9-11-27-24(20-23)13-18-39-27)30(31(37)38)26(34)10-12-28-32-14-19-40-28/h9,11,14,19-20,25-26,30H,5-8,10,12-13,15-18,21-22H2,1-4H3/p+1/t25-,26+,30-/m1/s1. The summed E-state index contributed by atoms with van der Waals surface area (Å²) in [5, 5.41) is 10.5. The summed E-state index contributed by atoms with van der Waals surface area (Å²) in [4.78, 5) is 34.9. The summed E-state index contributed by atoms with van der Waals surface area (Å²) in [7, 11) is 6.57. The Hall–Kier alpha value is -2.91. The third kappa shape index (κ3) is 7.85. The fourth-order valence-corrected chi connectivity index (χ4v) is 6.15. The summed E-state index contributed by atoms with van der Waals surface area (Å²) < 4.78 is 12.1. The van der Waals surface area contributed by atoms with Crippen molar-refractivity contribution in [1.29, 1.82) is 0 Å². The quantitative estimate of drug-likeness (QED) is 0.264. The Morgan fingerprint density at radius 3 is 2.67 bits per heavy atom. The Morgan fingerprint density at radius 2 is 1.98 bits per heavy atom. The van der Waals surface area contributed by atoms with Gasteiger partial charge in [-0.3, -0.25) is 14.5 Å². The molecular weight excluding hydrogens is 508 g/mol. The number of rotatable bonds is 15. The molecule has 3 atom stereocenters. The Labute approximate surface area is 238 Å². The minimum atomic E-state index is -0.822. The Kier molecular flexibility index (Phi) is 10.2. The molecule has 1 saturated heterocycles. The predicted molar refractivity (Wildman–Crippen MR) is 153 cm³/mol. The third-order valence-corrected chi connectivity index (χ3v) is 8.29. The second-order valence-corrected chi connectivity index (χ2v) is 12.4. The molecule has 2 aromatic rings. The van der Waals surface area contributed by atoms with E-state index < -0.39 is 11.9 Å². The first-order chi connectivity index (χ1) is 19.2. The number of amides is 1. The van der Waals surface area contributed by atoms with Gasteiger partial charge in [-0.25, -0.2) is 4.98 Å². The monoisotopic (exact) mass is 555 g/mol. The number of unbranched alkanes of at least 4 members (excludes halogenated alkanes) is 2. The van der Waals surface area contributed by atoms with Gasteiger partial charge in [0, 0.05) is 44.4 Å². The molecule has 1 fully saturated rings. The van der Waals surface area contributed by atoms with E-state index in [1.807, 2.05) is 17.0 Å². The molecule has 9 heteroatoms. The molecule has 0 saturated carbocycles. The molecule has 0 aliphatic carbocycles. The van der Waals surface area contributed by atoms with Gasteiger partial charge >= 0.3 is 5.97 Å². The molecule has 1 N–H and O–H groups in total. The fraction of sp³-hybridized carbons (Fsp3) is 0.645. The van der Waals surface area contributed by atoms with Crippen LogP contribution in [0.4, 0.5) is 0 Å². The largest absolute Gasteiger partial charge is 0.493 e. The number of oxazole rings is 1. The molecule has 9 nitrogen and oxygen atoms in total. The van der Waals surface area contributed by atoms with Crippen LogP contribution in [-0.4, -0.2) is 103 Å². The number of carbonyl (C=O) groups excluding carboxylic acids is 1. The molecule has 220 valence electrons. The summed E-state index contributed by atoms with van der Waals surface area (Å²) in [5.74, 6) is -0.0892. The van der Waals surface area contributed by atoms with Crippen LogP contribution < -0.4 is 4.74 Å². The van der Waals surface area contributed by atoms with E-state index in [1.165, 1.54) is 0 Å². The van der Waals surface area contributed by atoms with Crippen molar-refractivity contribution in [3.8, 4) is 5.75 Å². The number of fused-ring (bicyclic) bond motifs is 1. The average molecular weight is 556 g/mol. The molecule has 2 aliphatic rings. The van der Waals surface area contributed by atoms with E-state index in [0.717, 1.165) is 73.1 Å². The first-order valence-electron chi connectivity index (χ1n) is 14.9. The van der Waals surface area contributed by atoms with E-state index in [-0.39, 0.29) is 24.4 Å². The van der Waals surface area contributed by atoms with Crippen LogP contribution in [0.3, 0.4) is 0 Å². The summed E-state index contributed by atoms with van der Waals surface area (Å²) in [6.07, 6.45) is 9.10. The maximum absolute atomic E-state index is 13.7. The van der Waals surface area contributed by atoms with Gasteiger partial charge in [0.25, 0.3) is 0 Å². The van der Waals surface area contributed by atoms with Crippen molar-refractivity contribution >= 4 is 11.9 Å². The normalized spacial score (nSPS) is 20.9. The van der Waals surface area contributed by atoms with Crippen molar-refractivity contribution in [2.24, 2.45) is 5.92 Å². The van der Waals surface area contributed by atoms with Gasteiger partial charge in [0.15, 0.2) is 5.89 Å². The van der Waals surface area contributed by atoms with Gasteiger partial charge < -0.3 is 23.6 Å². The van der Waals surface area contributed by atoms with Crippen LogP contribution in [0.1, 0.15) is 62.0 Å². The van der Waals surface area contributed by atoms with E-state index in [9.17, 15) is 14.7 Å². The smallest absolute Gasteiger partial charge is 0.308 e. The number of aromatic nitrogens is 1. The number of carboxylic acids is 1. The van der Waals surface area contributed by atoms with E-state index in [4.69, 9.17) is 9.15 Å². The van der Waals surface area contributed by atoms with Crippen molar-refractivity contribution < 1.29 is 28.3 Å².